The van der Waals surface area contributed by atoms with Gasteiger partial charge in [0.05, 0.1) is 0 Å². The topological polar surface area (TPSA) is 64.2 Å². The van der Waals surface area contributed by atoms with Crippen molar-refractivity contribution in [2.24, 2.45) is 7.05 Å². The van der Waals surface area contributed by atoms with Crippen LogP contribution in [0.1, 0.15) is 5.56 Å². The zero-order chi connectivity index (χ0) is 13.1. The summed E-state index contributed by atoms with van der Waals surface area (Å²) in [5.74, 6) is 0.389. The number of nitro groups is 1. The van der Waals surface area contributed by atoms with E-state index in [-0.39, 0.29) is 5.82 Å². The Hall–Kier alpha value is -2.37. The summed E-state index contributed by atoms with van der Waals surface area (Å²) >= 11 is 0. The second-order valence-corrected chi connectivity index (χ2v) is 4.10. The molecule has 0 amide bonds. The maximum Gasteiger partial charge on any atom is 0.406 e. The minimum Gasteiger partial charge on any atom is -0.358 e. The predicted octanol–water partition coefficient (Wildman–Crippen LogP) is 1.96. The lowest BCUT2D eigenvalue weighted by molar-refractivity contribution is -0.388. The Kier molecular flexibility index (Phi) is 3.27. The molecular formula is C12H14N4O2. The summed E-state index contributed by atoms with van der Waals surface area (Å²) in [5.41, 5.74) is 1.09. The Balaban J connectivity index is 2.26. The number of anilines is 1. The van der Waals surface area contributed by atoms with Crippen molar-refractivity contribution in [3.8, 4) is 0 Å². The van der Waals surface area contributed by atoms with Crippen molar-refractivity contribution in [2.45, 2.75) is 6.54 Å². The zero-order valence-corrected chi connectivity index (χ0v) is 10.3. The number of benzene rings is 1. The van der Waals surface area contributed by atoms with E-state index in [2.05, 4.69) is 4.98 Å². The predicted molar refractivity (Wildman–Crippen MR) is 68.4 cm³/mol. The first-order chi connectivity index (χ1) is 8.59. The first kappa shape index (κ1) is 12.1. The highest BCUT2D eigenvalue weighted by Crippen LogP contribution is 2.25. The second kappa shape index (κ2) is 4.87. The first-order valence-electron chi connectivity index (χ1n) is 5.50. The van der Waals surface area contributed by atoms with E-state index in [1.54, 1.807) is 11.6 Å². The lowest BCUT2D eigenvalue weighted by atomic mass is 10.2. The fraction of sp³-hybridized carbons (Fsp3) is 0.250. The number of aryl methyl sites for hydroxylation is 1. The quantitative estimate of drug-likeness (QED) is 0.611. The third-order valence-electron chi connectivity index (χ3n) is 2.68. The van der Waals surface area contributed by atoms with E-state index >= 15 is 0 Å². The van der Waals surface area contributed by atoms with Gasteiger partial charge in [0.1, 0.15) is 0 Å². The SMILES string of the molecule is CN(Cc1ccccc1)c1c([N+](=O)[O-])ncn1C. The van der Waals surface area contributed by atoms with Gasteiger partial charge in [0, 0.05) is 20.6 Å². The number of hydrogen-bond donors (Lipinski definition) is 0. The van der Waals surface area contributed by atoms with E-state index in [1.807, 2.05) is 42.3 Å². The van der Waals surface area contributed by atoms with E-state index in [9.17, 15) is 10.1 Å². The third-order valence-corrected chi connectivity index (χ3v) is 2.68. The molecular weight excluding hydrogens is 232 g/mol. The van der Waals surface area contributed by atoms with Gasteiger partial charge < -0.3 is 15.0 Å². The second-order valence-electron chi connectivity index (χ2n) is 4.10. The summed E-state index contributed by atoms with van der Waals surface area (Å²) < 4.78 is 1.65. The average molecular weight is 246 g/mol. The van der Waals surface area contributed by atoms with Gasteiger partial charge in [0.15, 0.2) is 0 Å². The van der Waals surface area contributed by atoms with Gasteiger partial charge in [0.2, 0.25) is 12.1 Å². The van der Waals surface area contributed by atoms with E-state index in [4.69, 9.17) is 0 Å². The van der Waals surface area contributed by atoms with Crippen LogP contribution in [0.2, 0.25) is 0 Å². The lowest BCUT2D eigenvalue weighted by Crippen LogP contribution is -2.20. The Bertz CT molecular complexity index is 550. The third kappa shape index (κ3) is 2.32. The highest BCUT2D eigenvalue weighted by Gasteiger charge is 2.23. The van der Waals surface area contributed by atoms with Crippen LogP contribution in [0.3, 0.4) is 0 Å². The standard InChI is InChI=1S/C12H14N4O2/c1-14(8-10-6-4-3-5-7-10)12-11(16(17)18)13-9-15(12)2/h3-7,9H,8H2,1-2H3. The summed E-state index contributed by atoms with van der Waals surface area (Å²) in [7, 11) is 3.56. The molecule has 1 aromatic heterocycles. The molecule has 0 radical (unpaired) electrons. The van der Waals surface area contributed by atoms with Crippen LogP contribution in [-0.4, -0.2) is 21.5 Å². The molecule has 18 heavy (non-hydrogen) atoms. The van der Waals surface area contributed by atoms with Gasteiger partial charge in [-0.05, 0) is 15.5 Å². The first-order valence-corrected chi connectivity index (χ1v) is 5.50. The van der Waals surface area contributed by atoms with Crippen LogP contribution in [0.4, 0.5) is 11.6 Å². The number of aromatic nitrogens is 2. The van der Waals surface area contributed by atoms with Crippen LogP contribution in [-0.2, 0) is 13.6 Å². The van der Waals surface area contributed by atoms with Crippen LogP contribution in [0.5, 0.6) is 0 Å². The normalized spacial score (nSPS) is 10.3. The van der Waals surface area contributed by atoms with Crippen molar-refractivity contribution < 1.29 is 4.92 Å². The van der Waals surface area contributed by atoms with E-state index in [0.29, 0.717) is 12.4 Å². The Labute approximate surface area is 105 Å². The molecule has 0 aliphatic rings. The molecule has 0 atom stereocenters. The highest BCUT2D eigenvalue weighted by atomic mass is 16.6. The molecule has 94 valence electrons. The summed E-state index contributed by atoms with van der Waals surface area (Å²) in [6, 6.07) is 9.80. The van der Waals surface area contributed by atoms with Gasteiger partial charge in [-0.3, -0.25) is 4.57 Å². The molecule has 6 nitrogen and oxygen atoms in total. The molecule has 0 fully saturated rings. The lowest BCUT2D eigenvalue weighted by Gasteiger charge is -2.18. The fourth-order valence-corrected chi connectivity index (χ4v) is 1.91. The molecule has 0 aliphatic heterocycles. The monoisotopic (exact) mass is 246 g/mol. The van der Waals surface area contributed by atoms with Gasteiger partial charge in [0.25, 0.3) is 0 Å². The Morgan fingerprint density at radius 2 is 2.06 bits per heavy atom. The molecule has 0 saturated carbocycles. The largest absolute Gasteiger partial charge is 0.406 e. The summed E-state index contributed by atoms with van der Waals surface area (Å²) in [5, 5.41) is 10.9. The van der Waals surface area contributed by atoms with Crippen molar-refractivity contribution in [1.82, 2.24) is 9.55 Å². The molecule has 0 bridgehead atoms. The summed E-state index contributed by atoms with van der Waals surface area (Å²) in [6.07, 6.45) is 1.45. The van der Waals surface area contributed by atoms with Crippen molar-refractivity contribution in [3.05, 3.63) is 52.3 Å². The zero-order valence-electron chi connectivity index (χ0n) is 10.3. The summed E-state index contributed by atoms with van der Waals surface area (Å²) in [6.45, 7) is 0.598. The van der Waals surface area contributed by atoms with Gasteiger partial charge >= 0.3 is 5.82 Å². The molecule has 0 aliphatic carbocycles. The molecule has 0 unspecified atom stereocenters. The Morgan fingerprint density at radius 1 is 1.39 bits per heavy atom. The van der Waals surface area contributed by atoms with Crippen molar-refractivity contribution in [2.75, 3.05) is 11.9 Å². The van der Waals surface area contributed by atoms with Crippen LogP contribution in [0.25, 0.3) is 0 Å². The molecule has 0 spiro atoms. The molecule has 2 rings (SSSR count). The smallest absolute Gasteiger partial charge is 0.358 e. The van der Waals surface area contributed by atoms with Crippen LogP contribution in [0.15, 0.2) is 36.7 Å². The van der Waals surface area contributed by atoms with Gasteiger partial charge in [-0.25, -0.2) is 0 Å². The Morgan fingerprint density at radius 3 is 2.67 bits per heavy atom. The molecule has 0 saturated heterocycles. The minimum atomic E-state index is -0.461. The molecule has 1 aromatic carbocycles. The molecule has 2 aromatic rings. The molecule has 0 N–H and O–H groups in total. The van der Waals surface area contributed by atoms with Crippen molar-refractivity contribution in [3.63, 3.8) is 0 Å². The van der Waals surface area contributed by atoms with Gasteiger partial charge in [-0.2, -0.15) is 0 Å². The number of imidazole rings is 1. The molecule has 6 heteroatoms. The number of hydrogen-bond acceptors (Lipinski definition) is 4. The van der Waals surface area contributed by atoms with E-state index < -0.39 is 4.92 Å². The number of nitrogens with zero attached hydrogens (tertiary/aromatic N) is 4. The number of rotatable bonds is 4. The van der Waals surface area contributed by atoms with Gasteiger partial charge in [-0.15, -0.1) is 0 Å². The highest BCUT2D eigenvalue weighted by molar-refractivity contribution is 5.54. The van der Waals surface area contributed by atoms with Crippen LogP contribution < -0.4 is 4.90 Å². The van der Waals surface area contributed by atoms with E-state index in [1.165, 1.54) is 6.33 Å². The fourth-order valence-electron chi connectivity index (χ4n) is 1.91. The maximum atomic E-state index is 10.9. The van der Waals surface area contributed by atoms with Crippen molar-refractivity contribution >= 4 is 11.6 Å². The van der Waals surface area contributed by atoms with Crippen molar-refractivity contribution in [1.29, 1.82) is 0 Å². The summed E-state index contributed by atoms with van der Waals surface area (Å²) in [4.78, 5) is 16.1. The van der Waals surface area contributed by atoms with Crippen LogP contribution >= 0.6 is 0 Å². The molecule has 1 heterocycles. The van der Waals surface area contributed by atoms with Gasteiger partial charge in [-0.1, -0.05) is 30.3 Å². The maximum absolute atomic E-state index is 10.9. The minimum absolute atomic E-state index is 0.115. The van der Waals surface area contributed by atoms with Crippen LogP contribution in [0, 0.1) is 10.1 Å². The average Bonchev–Trinajstić information content (AvgIpc) is 2.72. The van der Waals surface area contributed by atoms with E-state index in [0.717, 1.165) is 5.56 Å².